The monoisotopic (exact) mass is 205 g/mol. The molecular formula is C13H16FN. The molecule has 15 heavy (non-hydrogen) atoms. The molecule has 1 unspecified atom stereocenters. The van der Waals surface area contributed by atoms with Crippen LogP contribution in [0.1, 0.15) is 42.9 Å². The summed E-state index contributed by atoms with van der Waals surface area (Å²) in [6.45, 7) is 0. The van der Waals surface area contributed by atoms with Crippen molar-refractivity contribution in [2.75, 3.05) is 7.05 Å². The molecule has 1 spiro atoms. The van der Waals surface area contributed by atoms with Gasteiger partial charge in [-0.2, -0.15) is 0 Å². The second-order valence-electron chi connectivity index (χ2n) is 4.91. The van der Waals surface area contributed by atoms with Crippen molar-refractivity contribution in [3.8, 4) is 0 Å². The third-order valence-electron chi connectivity index (χ3n) is 4.22. The van der Waals surface area contributed by atoms with Crippen molar-refractivity contribution in [1.29, 1.82) is 0 Å². The minimum atomic E-state index is -0.0863. The molecule has 0 aliphatic heterocycles. The van der Waals surface area contributed by atoms with Crippen LogP contribution in [0.3, 0.4) is 0 Å². The van der Waals surface area contributed by atoms with E-state index in [0.717, 1.165) is 6.42 Å². The van der Waals surface area contributed by atoms with E-state index in [1.807, 2.05) is 13.1 Å². The smallest absolute Gasteiger partial charge is 0.123 e. The lowest BCUT2D eigenvalue weighted by Gasteiger charge is -2.39. The molecule has 0 heterocycles. The summed E-state index contributed by atoms with van der Waals surface area (Å²) in [4.78, 5) is 0. The maximum absolute atomic E-state index is 13.3. The largest absolute Gasteiger partial charge is 0.313 e. The number of fused-ring (bicyclic) bond motifs is 2. The average molecular weight is 205 g/mol. The van der Waals surface area contributed by atoms with Crippen molar-refractivity contribution in [1.82, 2.24) is 5.32 Å². The molecule has 2 aliphatic rings. The van der Waals surface area contributed by atoms with Crippen molar-refractivity contribution in [2.45, 2.75) is 37.1 Å². The van der Waals surface area contributed by atoms with Crippen LogP contribution >= 0.6 is 0 Å². The first-order chi connectivity index (χ1) is 7.25. The Bertz CT molecular complexity index is 396. The van der Waals surface area contributed by atoms with E-state index in [9.17, 15) is 4.39 Å². The van der Waals surface area contributed by atoms with Crippen molar-refractivity contribution in [3.63, 3.8) is 0 Å². The molecular weight excluding hydrogens is 189 g/mol. The van der Waals surface area contributed by atoms with Gasteiger partial charge in [0.05, 0.1) is 0 Å². The standard InChI is InChI=1S/C13H16FN/c1-15-12-8-13(5-2-6-13)11-7-9(14)3-4-10(11)12/h3-4,7,12,15H,2,5-6,8H2,1H3. The van der Waals surface area contributed by atoms with E-state index in [0.29, 0.717) is 11.5 Å². The first-order valence-electron chi connectivity index (χ1n) is 5.72. The number of rotatable bonds is 1. The van der Waals surface area contributed by atoms with Gasteiger partial charge in [-0.3, -0.25) is 0 Å². The van der Waals surface area contributed by atoms with Gasteiger partial charge >= 0.3 is 0 Å². The predicted molar refractivity (Wildman–Crippen MR) is 58.3 cm³/mol. The minimum Gasteiger partial charge on any atom is -0.313 e. The Kier molecular flexibility index (Phi) is 1.90. The van der Waals surface area contributed by atoms with E-state index in [-0.39, 0.29) is 5.82 Å². The average Bonchev–Trinajstić information content (AvgIpc) is 2.51. The molecule has 1 saturated carbocycles. The summed E-state index contributed by atoms with van der Waals surface area (Å²) in [5.41, 5.74) is 2.90. The molecule has 1 N–H and O–H groups in total. The lowest BCUT2D eigenvalue weighted by molar-refractivity contribution is 0.227. The Balaban J connectivity index is 2.11. The fourth-order valence-electron chi connectivity index (χ4n) is 3.24. The van der Waals surface area contributed by atoms with Crippen LogP contribution in [0.25, 0.3) is 0 Å². The fraction of sp³-hybridized carbons (Fsp3) is 0.538. The highest BCUT2D eigenvalue weighted by Gasteiger charge is 2.47. The van der Waals surface area contributed by atoms with Crippen molar-refractivity contribution < 1.29 is 4.39 Å². The van der Waals surface area contributed by atoms with E-state index in [2.05, 4.69) is 5.32 Å². The number of halogens is 1. The third-order valence-corrected chi connectivity index (χ3v) is 4.22. The summed E-state index contributed by atoms with van der Waals surface area (Å²) in [6, 6.07) is 5.73. The third kappa shape index (κ3) is 1.18. The quantitative estimate of drug-likeness (QED) is 0.743. The highest BCUT2D eigenvalue weighted by atomic mass is 19.1. The normalized spacial score (nSPS) is 26.4. The highest BCUT2D eigenvalue weighted by molar-refractivity contribution is 5.44. The molecule has 1 aromatic rings. The number of benzene rings is 1. The van der Waals surface area contributed by atoms with Gasteiger partial charge < -0.3 is 5.32 Å². The minimum absolute atomic E-state index is 0.0863. The van der Waals surface area contributed by atoms with E-state index in [1.165, 1.54) is 30.4 Å². The second kappa shape index (κ2) is 3.05. The fourth-order valence-corrected chi connectivity index (χ4v) is 3.24. The Hall–Kier alpha value is -0.890. The maximum atomic E-state index is 13.3. The maximum Gasteiger partial charge on any atom is 0.123 e. The molecule has 0 radical (unpaired) electrons. The number of hydrogen-bond donors (Lipinski definition) is 1. The van der Waals surface area contributed by atoms with Crippen LogP contribution < -0.4 is 5.32 Å². The van der Waals surface area contributed by atoms with Gasteiger partial charge in [-0.1, -0.05) is 12.5 Å². The van der Waals surface area contributed by atoms with Crippen molar-refractivity contribution in [2.24, 2.45) is 0 Å². The zero-order chi connectivity index (χ0) is 10.5. The number of nitrogens with one attached hydrogen (secondary N) is 1. The first-order valence-corrected chi connectivity index (χ1v) is 5.72. The van der Waals surface area contributed by atoms with Gasteiger partial charge in [-0.15, -0.1) is 0 Å². The van der Waals surface area contributed by atoms with Gasteiger partial charge in [-0.05, 0) is 55.0 Å². The van der Waals surface area contributed by atoms with Gasteiger partial charge in [-0.25, -0.2) is 4.39 Å². The second-order valence-corrected chi connectivity index (χ2v) is 4.91. The van der Waals surface area contributed by atoms with E-state index < -0.39 is 0 Å². The molecule has 0 aromatic heterocycles. The summed E-state index contributed by atoms with van der Waals surface area (Å²) in [7, 11) is 2.00. The Labute approximate surface area is 89.7 Å². The van der Waals surface area contributed by atoms with Crippen LogP contribution in [-0.2, 0) is 5.41 Å². The van der Waals surface area contributed by atoms with Crippen molar-refractivity contribution >= 4 is 0 Å². The van der Waals surface area contributed by atoms with E-state index >= 15 is 0 Å². The lowest BCUT2D eigenvalue weighted by atomic mass is 9.65. The summed E-state index contributed by atoms with van der Waals surface area (Å²) in [5.74, 6) is -0.0863. The zero-order valence-electron chi connectivity index (χ0n) is 9.02. The molecule has 3 rings (SSSR count). The summed E-state index contributed by atoms with van der Waals surface area (Å²) in [5, 5.41) is 3.34. The van der Waals surface area contributed by atoms with Crippen LogP contribution in [0, 0.1) is 5.82 Å². The molecule has 0 bridgehead atoms. The van der Waals surface area contributed by atoms with Crippen LogP contribution in [0.4, 0.5) is 4.39 Å². The molecule has 2 aliphatic carbocycles. The Morgan fingerprint density at radius 2 is 2.20 bits per heavy atom. The zero-order valence-corrected chi connectivity index (χ0v) is 9.02. The predicted octanol–water partition coefficient (Wildman–Crippen LogP) is 2.91. The van der Waals surface area contributed by atoms with E-state index in [1.54, 1.807) is 12.1 Å². The van der Waals surface area contributed by atoms with Gasteiger partial charge in [0.1, 0.15) is 5.82 Å². The van der Waals surface area contributed by atoms with Gasteiger partial charge in [0.25, 0.3) is 0 Å². The van der Waals surface area contributed by atoms with Crippen LogP contribution in [0.15, 0.2) is 18.2 Å². The Morgan fingerprint density at radius 3 is 2.80 bits per heavy atom. The SMILES string of the molecule is CNC1CC2(CCC2)c2cc(F)ccc21. The van der Waals surface area contributed by atoms with E-state index in [4.69, 9.17) is 0 Å². The summed E-state index contributed by atoms with van der Waals surface area (Å²) in [6.07, 6.45) is 4.93. The van der Waals surface area contributed by atoms with Gasteiger partial charge in [0.15, 0.2) is 0 Å². The van der Waals surface area contributed by atoms with Crippen molar-refractivity contribution in [3.05, 3.63) is 35.1 Å². The van der Waals surface area contributed by atoms with Crippen LogP contribution in [-0.4, -0.2) is 7.05 Å². The molecule has 1 fully saturated rings. The highest BCUT2D eigenvalue weighted by Crippen LogP contribution is 2.55. The Morgan fingerprint density at radius 1 is 1.40 bits per heavy atom. The van der Waals surface area contributed by atoms with Gasteiger partial charge in [0.2, 0.25) is 0 Å². The molecule has 1 aromatic carbocycles. The summed E-state index contributed by atoms with van der Waals surface area (Å²) >= 11 is 0. The lowest BCUT2D eigenvalue weighted by Crippen LogP contribution is -2.32. The molecule has 1 nitrogen and oxygen atoms in total. The molecule has 1 atom stereocenters. The van der Waals surface area contributed by atoms with Gasteiger partial charge in [0, 0.05) is 6.04 Å². The molecule has 0 amide bonds. The molecule has 0 saturated heterocycles. The molecule has 2 heteroatoms. The number of hydrogen-bond acceptors (Lipinski definition) is 1. The van der Waals surface area contributed by atoms with Crippen LogP contribution in [0.5, 0.6) is 0 Å². The topological polar surface area (TPSA) is 12.0 Å². The first kappa shape index (κ1) is 9.34. The summed E-state index contributed by atoms with van der Waals surface area (Å²) < 4.78 is 13.3. The van der Waals surface area contributed by atoms with Crippen LogP contribution in [0.2, 0.25) is 0 Å². The molecule has 80 valence electrons.